The molecule has 0 radical (unpaired) electrons. The van der Waals surface area contributed by atoms with Gasteiger partial charge in [0.2, 0.25) is 0 Å². The first-order chi connectivity index (χ1) is 3.79. The van der Waals surface area contributed by atoms with Crippen LogP contribution in [0.4, 0.5) is 0 Å². The van der Waals surface area contributed by atoms with Crippen LogP contribution in [0.25, 0.3) is 0 Å². The highest BCUT2D eigenvalue weighted by Gasteiger charge is 2.07. The fraction of sp³-hybridized carbons (Fsp3) is 0.714. The maximum atomic E-state index is 3.53. The van der Waals surface area contributed by atoms with Gasteiger partial charge in [0.25, 0.3) is 0 Å². The van der Waals surface area contributed by atoms with Gasteiger partial charge in [-0.1, -0.05) is 35.0 Å². The number of alkyl halides is 1. The minimum absolute atomic E-state index is 0.652. The Morgan fingerprint density at radius 1 is 1.38 bits per heavy atom. The molecule has 1 aliphatic carbocycles. The Bertz CT molecular complexity index is 84.6. The van der Waals surface area contributed by atoms with Gasteiger partial charge in [-0.3, -0.25) is 0 Å². The maximum Gasteiger partial charge on any atom is 0.0325 e. The second-order valence-electron chi connectivity index (χ2n) is 2.46. The molecule has 8 heavy (non-hydrogen) atoms. The van der Waals surface area contributed by atoms with E-state index in [9.17, 15) is 0 Å². The molecule has 1 heteroatoms. The molecule has 0 aliphatic heterocycles. The lowest BCUT2D eigenvalue weighted by molar-refractivity contribution is 0.594. The van der Waals surface area contributed by atoms with Gasteiger partial charge in [0, 0.05) is 4.83 Å². The number of hydrogen-bond donors (Lipinski definition) is 0. The highest BCUT2D eigenvalue weighted by molar-refractivity contribution is 9.09. The van der Waals surface area contributed by atoms with E-state index in [1.165, 1.54) is 12.8 Å². The van der Waals surface area contributed by atoms with Gasteiger partial charge in [-0.2, -0.15) is 0 Å². The third-order valence-corrected chi connectivity index (χ3v) is 2.31. The van der Waals surface area contributed by atoms with E-state index < -0.39 is 0 Å². The van der Waals surface area contributed by atoms with Gasteiger partial charge >= 0.3 is 0 Å². The Balaban J connectivity index is 2.42. The van der Waals surface area contributed by atoms with Crippen molar-refractivity contribution < 1.29 is 0 Å². The molecule has 0 bridgehead atoms. The summed E-state index contributed by atoms with van der Waals surface area (Å²) in [5, 5.41) is 0. The van der Waals surface area contributed by atoms with E-state index >= 15 is 0 Å². The molecule has 46 valence electrons. The fourth-order valence-electron chi connectivity index (χ4n) is 0.925. The van der Waals surface area contributed by atoms with Gasteiger partial charge in [0.1, 0.15) is 0 Å². The van der Waals surface area contributed by atoms with Gasteiger partial charge < -0.3 is 0 Å². The van der Waals surface area contributed by atoms with Crippen LogP contribution in [0.5, 0.6) is 0 Å². The summed E-state index contributed by atoms with van der Waals surface area (Å²) >= 11 is 3.53. The average Bonchev–Trinajstić information content (AvgIpc) is 1.77. The molecular formula is C7H11Br. The molecule has 0 spiro atoms. The molecule has 0 nitrogen and oxygen atoms in total. The lowest BCUT2D eigenvalue weighted by Crippen LogP contribution is -2.03. The number of halogens is 1. The van der Waals surface area contributed by atoms with Crippen molar-refractivity contribution in [3.63, 3.8) is 0 Å². The van der Waals surface area contributed by atoms with Crippen LogP contribution in [0.1, 0.15) is 19.8 Å². The van der Waals surface area contributed by atoms with E-state index in [2.05, 4.69) is 35.0 Å². The zero-order chi connectivity index (χ0) is 5.98. The average molecular weight is 175 g/mol. The largest absolute Gasteiger partial charge is 0.0846 e. The van der Waals surface area contributed by atoms with Crippen molar-refractivity contribution in [1.29, 1.82) is 0 Å². The third kappa shape index (κ3) is 1.62. The minimum Gasteiger partial charge on any atom is -0.0846 e. The van der Waals surface area contributed by atoms with Crippen molar-refractivity contribution in [2.24, 2.45) is 5.92 Å². The van der Waals surface area contributed by atoms with E-state index in [1.54, 1.807) is 0 Å². The molecule has 0 aromatic rings. The van der Waals surface area contributed by atoms with Crippen LogP contribution in [-0.4, -0.2) is 4.83 Å². The molecule has 0 N–H and O–H groups in total. The van der Waals surface area contributed by atoms with Crippen molar-refractivity contribution >= 4 is 15.9 Å². The van der Waals surface area contributed by atoms with Gasteiger partial charge in [-0.25, -0.2) is 0 Å². The molecule has 0 saturated heterocycles. The molecule has 1 aliphatic rings. The normalized spacial score (nSPS) is 37.8. The van der Waals surface area contributed by atoms with E-state index in [0.29, 0.717) is 4.83 Å². The lowest BCUT2D eigenvalue weighted by Gasteiger charge is -2.14. The number of rotatable bonds is 0. The van der Waals surface area contributed by atoms with Gasteiger partial charge in [0.15, 0.2) is 0 Å². The molecule has 0 saturated carbocycles. The quantitative estimate of drug-likeness (QED) is 0.392. The first-order valence-corrected chi connectivity index (χ1v) is 4.03. The number of hydrogen-bond acceptors (Lipinski definition) is 0. The first-order valence-electron chi connectivity index (χ1n) is 3.11. The summed E-state index contributed by atoms with van der Waals surface area (Å²) in [6.45, 7) is 2.26. The Morgan fingerprint density at radius 2 is 2.12 bits per heavy atom. The summed E-state index contributed by atoms with van der Waals surface area (Å²) < 4.78 is 0. The Kier molecular flexibility index (Phi) is 2.12. The molecule has 1 rings (SSSR count). The summed E-state index contributed by atoms with van der Waals surface area (Å²) in [6.07, 6.45) is 7.17. The fourth-order valence-corrected chi connectivity index (χ4v) is 1.37. The minimum atomic E-state index is 0.652. The van der Waals surface area contributed by atoms with Gasteiger partial charge in [-0.15, -0.1) is 0 Å². The van der Waals surface area contributed by atoms with E-state index in [-0.39, 0.29) is 0 Å². The molecular weight excluding hydrogens is 164 g/mol. The van der Waals surface area contributed by atoms with E-state index in [4.69, 9.17) is 0 Å². The van der Waals surface area contributed by atoms with Gasteiger partial charge in [0.05, 0.1) is 0 Å². The Labute approximate surface area is 59.1 Å². The van der Waals surface area contributed by atoms with Crippen molar-refractivity contribution in [2.45, 2.75) is 24.6 Å². The summed E-state index contributed by atoms with van der Waals surface area (Å²) in [5.41, 5.74) is 0. The van der Waals surface area contributed by atoms with Crippen molar-refractivity contribution in [3.05, 3.63) is 12.2 Å². The van der Waals surface area contributed by atoms with Crippen molar-refractivity contribution in [3.8, 4) is 0 Å². The Morgan fingerprint density at radius 3 is 2.50 bits per heavy atom. The standard InChI is InChI=1S/C7H11Br/c1-6-2-4-7(8)5-3-6/h2,4,6-7H,3,5H2,1H3. The highest BCUT2D eigenvalue weighted by Crippen LogP contribution is 2.21. The molecule has 0 fully saturated rings. The monoisotopic (exact) mass is 174 g/mol. The van der Waals surface area contributed by atoms with Crippen LogP contribution in [0.3, 0.4) is 0 Å². The van der Waals surface area contributed by atoms with E-state index in [0.717, 1.165) is 5.92 Å². The van der Waals surface area contributed by atoms with Crippen LogP contribution in [0.15, 0.2) is 12.2 Å². The summed E-state index contributed by atoms with van der Waals surface area (Å²) in [6, 6.07) is 0. The highest BCUT2D eigenvalue weighted by atomic mass is 79.9. The van der Waals surface area contributed by atoms with Crippen LogP contribution in [-0.2, 0) is 0 Å². The maximum absolute atomic E-state index is 3.53. The topological polar surface area (TPSA) is 0 Å². The van der Waals surface area contributed by atoms with Gasteiger partial charge in [-0.05, 0) is 18.8 Å². The summed E-state index contributed by atoms with van der Waals surface area (Å²) in [7, 11) is 0. The second-order valence-corrected chi connectivity index (χ2v) is 3.63. The first kappa shape index (κ1) is 6.34. The molecule has 2 atom stereocenters. The SMILES string of the molecule is CC1C=CC(Br)CC1. The van der Waals surface area contributed by atoms with Crippen LogP contribution < -0.4 is 0 Å². The van der Waals surface area contributed by atoms with Crippen LogP contribution in [0.2, 0.25) is 0 Å². The third-order valence-electron chi connectivity index (χ3n) is 1.55. The zero-order valence-corrected chi connectivity index (χ0v) is 6.69. The van der Waals surface area contributed by atoms with Crippen molar-refractivity contribution in [2.75, 3.05) is 0 Å². The number of allylic oxidation sites excluding steroid dienone is 2. The Hall–Kier alpha value is 0.220. The zero-order valence-electron chi connectivity index (χ0n) is 5.10. The summed E-state index contributed by atoms with van der Waals surface area (Å²) in [4.78, 5) is 0.652. The molecule has 0 aromatic heterocycles. The van der Waals surface area contributed by atoms with Crippen LogP contribution in [0, 0.1) is 5.92 Å². The molecule has 0 amide bonds. The van der Waals surface area contributed by atoms with E-state index in [1.807, 2.05) is 0 Å². The molecule has 2 unspecified atom stereocenters. The molecule has 0 aromatic carbocycles. The summed E-state index contributed by atoms with van der Waals surface area (Å²) in [5.74, 6) is 0.809. The predicted octanol–water partition coefficient (Wildman–Crippen LogP) is 2.74. The lowest BCUT2D eigenvalue weighted by atomic mass is 9.98. The van der Waals surface area contributed by atoms with Crippen LogP contribution >= 0.6 is 15.9 Å². The second kappa shape index (κ2) is 2.67. The molecule has 0 heterocycles. The smallest absolute Gasteiger partial charge is 0.0325 e. The van der Waals surface area contributed by atoms with Crippen molar-refractivity contribution in [1.82, 2.24) is 0 Å². The predicted molar refractivity (Wildman–Crippen MR) is 40.3 cm³/mol.